The van der Waals surface area contributed by atoms with Crippen LogP contribution in [0.15, 0.2) is 42.6 Å². The number of nitrogens with two attached hydrogens (primary N) is 1. The van der Waals surface area contributed by atoms with Crippen molar-refractivity contribution in [1.82, 2.24) is 14.6 Å². The molecular weight excluding hydrogens is 244 g/mol. The molecule has 0 saturated heterocycles. The van der Waals surface area contributed by atoms with Gasteiger partial charge in [0.05, 0.1) is 5.56 Å². The Hall–Kier alpha value is -2.89. The second kappa shape index (κ2) is 4.09. The number of hydrogen-bond acceptors (Lipinski definition) is 4. The smallest absolute Gasteiger partial charge is 0.335 e. The lowest BCUT2D eigenvalue weighted by Crippen LogP contribution is -1.95. The van der Waals surface area contributed by atoms with Crippen molar-refractivity contribution in [3.63, 3.8) is 0 Å². The van der Waals surface area contributed by atoms with E-state index in [1.165, 1.54) is 0 Å². The molecule has 0 amide bonds. The van der Waals surface area contributed by atoms with Crippen LogP contribution in [0.1, 0.15) is 10.4 Å². The van der Waals surface area contributed by atoms with Gasteiger partial charge in [0.25, 0.3) is 0 Å². The van der Waals surface area contributed by atoms with Gasteiger partial charge in [0.2, 0.25) is 5.95 Å². The highest BCUT2D eigenvalue weighted by atomic mass is 16.4. The van der Waals surface area contributed by atoms with Gasteiger partial charge in [-0.05, 0) is 29.8 Å². The molecule has 0 spiro atoms. The molecule has 2 aromatic heterocycles. The molecule has 3 aromatic rings. The molecule has 0 unspecified atom stereocenters. The van der Waals surface area contributed by atoms with Crippen LogP contribution >= 0.6 is 0 Å². The quantitative estimate of drug-likeness (QED) is 0.725. The van der Waals surface area contributed by atoms with Crippen molar-refractivity contribution in [3.8, 4) is 11.1 Å². The summed E-state index contributed by atoms with van der Waals surface area (Å²) in [4.78, 5) is 15.0. The fraction of sp³-hybridized carbons (Fsp3) is 0. The zero-order chi connectivity index (χ0) is 13.4. The zero-order valence-electron chi connectivity index (χ0n) is 9.82. The second-order valence-electron chi connectivity index (χ2n) is 4.04. The van der Waals surface area contributed by atoms with Crippen molar-refractivity contribution >= 4 is 17.6 Å². The maximum Gasteiger partial charge on any atom is 0.335 e. The van der Waals surface area contributed by atoms with Crippen LogP contribution in [0.4, 0.5) is 5.95 Å². The normalized spacial score (nSPS) is 10.7. The van der Waals surface area contributed by atoms with Gasteiger partial charge in [-0.2, -0.15) is 4.98 Å². The van der Waals surface area contributed by atoms with E-state index in [1.807, 2.05) is 12.1 Å². The van der Waals surface area contributed by atoms with Crippen molar-refractivity contribution in [3.05, 3.63) is 48.2 Å². The van der Waals surface area contributed by atoms with Crippen LogP contribution in [0.5, 0.6) is 0 Å². The molecule has 0 bridgehead atoms. The number of carbonyl (C=O) groups is 1. The average molecular weight is 254 g/mol. The number of benzene rings is 1. The molecule has 6 heteroatoms. The number of aromatic carboxylic acids is 1. The number of nitrogens with zero attached hydrogens (tertiary/aromatic N) is 3. The summed E-state index contributed by atoms with van der Waals surface area (Å²) < 4.78 is 1.59. The lowest BCUT2D eigenvalue weighted by molar-refractivity contribution is 0.0697. The maximum atomic E-state index is 10.8. The molecule has 6 nitrogen and oxygen atoms in total. The van der Waals surface area contributed by atoms with Gasteiger partial charge in [0, 0.05) is 11.8 Å². The first-order chi connectivity index (χ1) is 9.15. The van der Waals surface area contributed by atoms with Gasteiger partial charge in [-0.15, -0.1) is 5.10 Å². The van der Waals surface area contributed by atoms with E-state index < -0.39 is 5.97 Å². The summed E-state index contributed by atoms with van der Waals surface area (Å²) in [5.74, 6) is -0.744. The summed E-state index contributed by atoms with van der Waals surface area (Å²) in [7, 11) is 0. The molecule has 0 fully saturated rings. The summed E-state index contributed by atoms with van der Waals surface area (Å²) >= 11 is 0. The Morgan fingerprint density at radius 2 is 1.95 bits per heavy atom. The van der Waals surface area contributed by atoms with Gasteiger partial charge in [-0.25, -0.2) is 9.31 Å². The van der Waals surface area contributed by atoms with E-state index in [2.05, 4.69) is 10.1 Å². The highest BCUT2D eigenvalue weighted by Crippen LogP contribution is 2.24. The number of nitrogen functional groups attached to an aromatic ring is 1. The molecule has 0 aliphatic heterocycles. The molecule has 19 heavy (non-hydrogen) atoms. The SMILES string of the molecule is Nc1nc2c(-c3ccc(C(=O)O)cc3)cccn2n1. The molecule has 0 atom stereocenters. The van der Waals surface area contributed by atoms with E-state index >= 15 is 0 Å². The summed E-state index contributed by atoms with van der Waals surface area (Å²) in [6.07, 6.45) is 1.76. The Bertz CT molecular complexity index is 762. The van der Waals surface area contributed by atoms with Gasteiger partial charge in [-0.1, -0.05) is 12.1 Å². The van der Waals surface area contributed by atoms with Gasteiger partial charge in [0.1, 0.15) is 0 Å². The standard InChI is InChI=1S/C13H10N4O2/c14-13-15-11-10(2-1-7-17(11)16-13)8-3-5-9(6-4-8)12(18)19/h1-7H,(H2,14,16)(H,18,19). The molecule has 94 valence electrons. The number of rotatable bonds is 2. The zero-order valence-corrected chi connectivity index (χ0v) is 9.82. The first kappa shape index (κ1) is 11.2. The number of hydrogen-bond donors (Lipinski definition) is 2. The fourth-order valence-corrected chi connectivity index (χ4v) is 1.94. The molecule has 3 rings (SSSR count). The van der Waals surface area contributed by atoms with Crippen LogP contribution in [0.25, 0.3) is 16.8 Å². The van der Waals surface area contributed by atoms with E-state index in [0.29, 0.717) is 5.65 Å². The lowest BCUT2D eigenvalue weighted by atomic mass is 10.1. The van der Waals surface area contributed by atoms with Gasteiger partial charge < -0.3 is 10.8 Å². The largest absolute Gasteiger partial charge is 0.478 e. The number of pyridine rings is 1. The third kappa shape index (κ3) is 1.89. The second-order valence-corrected chi connectivity index (χ2v) is 4.04. The van der Waals surface area contributed by atoms with Crippen molar-refractivity contribution < 1.29 is 9.90 Å². The third-order valence-electron chi connectivity index (χ3n) is 2.82. The summed E-state index contributed by atoms with van der Waals surface area (Å²) in [6, 6.07) is 10.3. The first-order valence-corrected chi connectivity index (χ1v) is 5.60. The van der Waals surface area contributed by atoms with Crippen LogP contribution < -0.4 is 5.73 Å². The van der Waals surface area contributed by atoms with Crippen LogP contribution in [-0.4, -0.2) is 25.7 Å². The lowest BCUT2D eigenvalue weighted by Gasteiger charge is -2.03. The summed E-state index contributed by atoms with van der Waals surface area (Å²) in [6.45, 7) is 0. The Labute approximate surface area is 108 Å². The molecular formula is C13H10N4O2. The van der Waals surface area contributed by atoms with Crippen molar-refractivity contribution in [2.75, 3.05) is 5.73 Å². The monoisotopic (exact) mass is 254 g/mol. The van der Waals surface area contributed by atoms with Crippen LogP contribution in [-0.2, 0) is 0 Å². The van der Waals surface area contributed by atoms with Crippen LogP contribution in [0.2, 0.25) is 0 Å². The number of anilines is 1. The van der Waals surface area contributed by atoms with Crippen molar-refractivity contribution in [2.45, 2.75) is 0 Å². The number of aromatic nitrogens is 3. The molecule has 1 aromatic carbocycles. The van der Waals surface area contributed by atoms with Gasteiger partial charge >= 0.3 is 5.97 Å². The number of carboxylic acids is 1. The van der Waals surface area contributed by atoms with Crippen molar-refractivity contribution in [1.29, 1.82) is 0 Å². The van der Waals surface area contributed by atoms with Gasteiger partial charge in [-0.3, -0.25) is 0 Å². The van der Waals surface area contributed by atoms with Crippen LogP contribution in [0.3, 0.4) is 0 Å². The predicted molar refractivity (Wildman–Crippen MR) is 69.8 cm³/mol. The number of fused-ring (bicyclic) bond motifs is 1. The van der Waals surface area contributed by atoms with E-state index in [1.54, 1.807) is 35.0 Å². The van der Waals surface area contributed by atoms with Crippen LogP contribution in [0, 0.1) is 0 Å². The van der Waals surface area contributed by atoms with E-state index in [0.717, 1.165) is 11.1 Å². The average Bonchev–Trinajstić information content (AvgIpc) is 2.78. The maximum absolute atomic E-state index is 10.8. The topological polar surface area (TPSA) is 93.5 Å². The minimum absolute atomic E-state index is 0.203. The Balaban J connectivity index is 2.15. The summed E-state index contributed by atoms with van der Waals surface area (Å²) in [5, 5.41) is 12.9. The van der Waals surface area contributed by atoms with E-state index in [9.17, 15) is 4.79 Å². The van der Waals surface area contributed by atoms with E-state index in [-0.39, 0.29) is 11.5 Å². The Morgan fingerprint density at radius 3 is 2.63 bits per heavy atom. The highest BCUT2D eigenvalue weighted by Gasteiger charge is 2.09. The fourth-order valence-electron chi connectivity index (χ4n) is 1.94. The van der Waals surface area contributed by atoms with Gasteiger partial charge in [0.15, 0.2) is 5.65 Å². The molecule has 2 heterocycles. The Kier molecular flexibility index (Phi) is 2.42. The number of carboxylic acid groups (broad SMARTS) is 1. The van der Waals surface area contributed by atoms with E-state index in [4.69, 9.17) is 10.8 Å². The molecule has 0 radical (unpaired) electrons. The minimum Gasteiger partial charge on any atom is -0.478 e. The third-order valence-corrected chi connectivity index (χ3v) is 2.82. The predicted octanol–water partition coefficient (Wildman–Crippen LogP) is 1.68. The Morgan fingerprint density at radius 1 is 1.21 bits per heavy atom. The minimum atomic E-state index is -0.948. The van der Waals surface area contributed by atoms with Crippen molar-refractivity contribution in [2.24, 2.45) is 0 Å². The summed E-state index contributed by atoms with van der Waals surface area (Å²) in [5.41, 5.74) is 8.18. The molecule has 0 saturated carbocycles. The highest BCUT2D eigenvalue weighted by molar-refractivity contribution is 5.89. The first-order valence-electron chi connectivity index (χ1n) is 5.60. The molecule has 0 aliphatic rings. The molecule has 3 N–H and O–H groups in total. The molecule has 0 aliphatic carbocycles.